The fourth-order valence-electron chi connectivity index (χ4n) is 4.11. The van der Waals surface area contributed by atoms with E-state index in [-0.39, 0.29) is 18.0 Å². The van der Waals surface area contributed by atoms with Crippen molar-refractivity contribution in [1.29, 1.82) is 0 Å². The third-order valence-corrected chi connectivity index (χ3v) is 5.78. The second kappa shape index (κ2) is 8.79. The summed E-state index contributed by atoms with van der Waals surface area (Å²) in [6.07, 6.45) is 2.95. The van der Waals surface area contributed by atoms with E-state index in [0.29, 0.717) is 38.1 Å². The largest absolute Gasteiger partial charge is 0.450 e. The average molecular weight is 421 g/mol. The predicted octanol–water partition coefficient (Wildman–Crippen LogP) is 3.99. The van der Waals surface area contributed by atoms with Gasteiger partial charge in [-0.05, 0) is 63.4 Å². The lowest BCUT2D eigenvalue weighted by Gasteiger charge is -2.31. The van der Waals surface area contributed by atoms with Gasteiger partial charge in [-0.25, -0.2) is 9.78 Å². The highest BCUT2D eigenvalue weighted by molar-refractivity contribution is 5.97. The molecule has 1 fully saturated rings. The molecule has 7 nitrogen and oxygen atoms in total. The van der Waals surface area contributed by atoms with E-state index in [1.54, 1.807) is 18.2 Å². The molecule has 0 aliphatic carbocycles. The summed E-state index contributed by atoms with van der Waals surface area (Å²) in [5, 5.41) is 3.09. The monoisotopic (exact) mass is 420 g/mol. The van der Waals surface area contributed by atoms with Gasteiger partial charge in [-0.15, -0.1) is 0 Å². The molecular formula is C24H28N4O3. The number of hydrogen-bond acceptors (Lipinski definition) is 4. The van der Waals surface area contributed by atoms with Crippen molar-refractivity contribution >= 4 is 23.0 Å². The number of fused-ring (bicyclic) bond motifs is 1. The van der Waals surface area contributed by atoms with Crippen LogP contribution in [0.2, 0.25) is 0 Å². The number of nitrogens with zero attached hydrogens (tertiary/aromatic N) is 3. The Morgan fingerprint density at radius 1 is 1.13 bits per heavy atom. The van der Waals surface area contributed by atoms with Crippen LogP contribution in [-0.4, -0.2) is 52.2 Å². The maximum absolute atomic E-state index is 12.8. The van der Waals surface area contributed by atoms with Crippen molar-refractivity contribution in [2.75, 3.05) is 19.7 Å². The van der Waals surface area contributed by atoms with E-state index >= 15 is 0 Å². The Bertz CT molecular complexity index is 1110. The summed E-state index contributed by atoms with van der Waals surface area (Å²) < 4.78 is 7.10. The fraction of sp³-hybridized carbons (Fsp3) is 0.375. The molecule has 1 N–H and O–H groups in total. The normalized spacial score (nSPS) is 14.6. The Labute approximate surface area is 182 Å². The summed E-state index contributed by atoms with van der Waals surface area (Å²) >= 11 is 0. The molecule has 31 heavy (non-hydrogen) atoms. The lowest BCUT2D eigenvalue weighted by atomic mass is 10.0. The van der Waals surface area contributed by atoms with Crippen molar-refractivity contribution in [1.82, 2.24) is 19.8 Å². The molecule has 162 valence electrons. The van der Waals surface area contributed by atoms with Crippen LogP contribution in [0.15, 0.2) is 42.7 Å². The number of aryl methyl sites for hydroxylation is 2. The van der Waals surface area contributed by atoms with E-state index < -0.39 is 0 Å². The Morgan fingerprint density at radius 3 is 2.61 bits per heavy atom. The molecule has 0 saturated carbocycles. The van der Waals surface area contributed by atoms with Crippen LogP contribution in [0.1, 0.15) is 41.3 Å². The molecule has 2 amide bonds. The van der Waals surface area contributed by atoms with Gasteiger partial charge in [0.25, 0.3) is 5.91 Å². The molecule has 3 aromatic rings. The van der Waals surface area contributed by atoms with Crippen LogP contribution in [0.5, 0.6) is 0 Å². The van der Waals surface area contributed by atoms with Gasteiger partial charge in [0.15, 0.2) is 0 Å². The number of carbonyl (C=O) groups is 2. The lowest BCUT2D eigenvalue weighted by Crippen LogP contribution is -2.46. The first-order valence-electron chi connectivity index (χ1n) is 10.7. The molecule has 1 aliphatic rings. The number of nitrogens with one attached hydrogen (secondary N) is 1. The molecule has 2 heterocycles. The molecule has 1 aromatic heterocycles. The van der Waals surface area contributed by atoms with Gasteiger partial charge in [0, 0.05) is 24.7 Å². The first-order valence-corrected chi connectivity index (χ1v) is 10.7. The molecule has 0 unspecified atom stereocenters. The molecule has 7 heteroatoms. The molecule has 0 spiro atoms. The molecule has 4 rings (SSSR count). The number of imidazole rings is 1. The van der Waals surface area contributed by atoms with E-state index in [1.165, 1.54) is 11.1 Å². The summed E-state index contributed by atoms with van der Waals surface area (Å²) in [5.74, 6) is -0.113. The second-order valence-electron chi connectivity index (χ2n) is 8.04. The Hall–Kier alpha value is -3.35. The lowest BCUT2D eigenvalue weighted by molar-refractivity contribution is 0.0860. The van der Waals surface area contributed by atoms with E-state index in [4.69, 9.17) is 4.74 Å². The maximum Gasteiger partial charge on any atom is 0.409 e. The van der Waals surface area contributed by atoms with Gasteiger partial charge in [0.1, 0.15) is 6.33 Å². The molecular weight excluding hydrogens is 392 g/mol. The van der Waals surface area contributed by atoms with Crippen LogP contribution in [0.3, 0.4) is 0 Å². The van der Waals surface area contributed by atoms with Gasteiger partial charge < -0.3 is 15.0 Å². The van der Waals surface area contributed by atoms with E-state index in [2.05, 4.69) is 46.9 Å². The third-order valence-electron chi connectivity index (χ3n) is 5.78. The van der Waals surface area contributed by atoms with Crippen LogP contribution in [-0.2, 0) is 4.74 Å². The number of aromatic nitrogens is 2. The fourth-order valence-corrected chi connectivity index (χ4v) is 4.11. The van der Waals surface area contributed by atoms with Crippen molar-refractivity contribution < 1.29 is 14.3 Å². The zero-order chi connectivity index (χ0) is 22.0. The summed E-state index contributed by atoms with van der Waals surface area (Å²) in [6, 6.07) is 12.0. The zero-order valence-electron chi connectivity index (χ0n) is 18.2. The number of rotatable bonds is 4. The number of hydrogen-bond donors (Lipinski definition) is 1. The topological polar surface area (TPSA) is 76.5 Å². The smallest absolute Gasteiger partial charge is 0.409 e. The first kappa shape index (κ1) is 20.9. The maximum atomic E-state index is 12.8. The SMILES string of the molecule is CCOC(=O)N1CCC(NC(=O)c2ccc3c(c2)ncn3-c2ccc(C)cc2C)CC1. The summed E-state index contributed by atoms with van der Waals surface area (Å²) in [5.41, 5.74) is 5.81. The highest BCUT2D eigenvalue weighted by atomic mass is 16.6. The molecule has 0 bridgehead atoms. The summed E-state index contributed by atoms with van der Waals surface area (Å²) in [4.78, 5) is 30.8. The van der Waals surface area contributed by atoms with Crippen LogP contribution in [0.25, 0.3) is 16.7 Å². The quantitative estimate of drug-likeness (QED) is 0.692. The van der Waals surface area contributed by atoms with E-state index in [1.807, 2.05) is 18.2 Å². The Balaban J connectivity index is 1.45. The molecule has 2 aromatic carbocycles. The molecule has 0 atom stereocenters. The van der Waals surface area contributed by atoms with Crippen LogP contribution in [0.4, 0.5) is 4.79 Å². The first-order chi connectivity index (χ1) is 15.0. The minimum atomic E-state index is -0.280. The number of likely N-dealkylation sites (tertiary alicyclic amines) is 1. The van der Waals surface area contributed by atoms with Crippen LogP contribution >= 0.6 is 0 Å². The highest BCUT2D eigenvalue weighted by Crippen LogP contribution is 2.23. The van der Waals surface area contributed by atoms with Crippen molar-refractivity contribution in [2.45, 2.75) is 39.7 Å². The summed E-state index contributed by atoms with van der Waals surface area (Å²) in [6.45, 7) is 7.51. The van der Waals surface area contributed by atoms with Gasteiger partial charge in [-0.1, -0.05) is 17.7 Å². The van der Waals surface area contributed by atoms with Gasteiger partial charge in [0.2, 0.25) is 0 Å². The van der Waals surface area contributed by atoms with Crippen molar-refractivity contribution in [3.8, 4) is 5.69 Å². The average Bonchev–Trinajstić information content (AvgIpc) is 3.17. The van der Waals surface area contributed by atoms with Crippen LogP contribution in [0, 0.1) is 13.8 Å². The summed E-state index contributed by atoms with van der Waals surface area (Å²) in [7, 11) is 0. The molecule has 0 radical (unpaired) electrons. The standard InChI is InChI=1S/C24H28N4O3/c1-4-31-24(30)27-11-9-19(10-12-27)26-23(29)18-6-8-22-20(14-18)25-15-28(22)21-7-5-16(2)13-17(21)3/h5-8,13-15,19H,4,9-12H2,1-3H3,(H,26,29). The highest BCUT2D eigenvalue weighted by Gasteiger charge is 2.25. The number of amides is 2. The minimum Gasteiger partial charge on any atom is -0.450 e. The number of ether oxygens (including phenoxy) is 1. The third kappa shape index (κ3) is 4.40. The van der Waals surface area contributed by atoms with E-state index in [9.17, 15) is 9.59 Å². The predicted molar refractivity (Wildman–Crippen MR) is 120 cm³/mol. The van der Waals surface area contributed by atoms with Crippen molar-refractivity contribution in [3.63, 3.8) is 0 Å². The van der Waals surface area contributed by atoms with Gasteiger partial charge in [-0.3, -0.25) is 9.36 Å². The van der Waals surface area contributed by atoms with Gasteiger partial charge in [-0.2, -0.15) is 0 Å². The minimum absolute atomic E-state index is 0.0432. The van der Waals surface area contributed by atoms with E-state index in [0.717, 1.165) is 16.7 Å². The second-order valence-corrected chi connectivity index (χ2v) is 8.04. The number of carbonyl (C=O) groups excluding carboxylic acids is 2. The van der Waals surface area contributed by atoms with Gasteiger partial charge in [0.05, 0.1) is 23.3 Å². The van der Waals surface area contributed by atoms with Crippen molar-refractivity contribution in [2.24, 2.45) is 0 Å². The zero-order valence-corrected chi connectivity index (χ0v) is 18.2. The number of benzene rings is 2. The molecule has 1 saturated heterocycles. The number of piperidine rings is 1. The Morgan fingerprint density at radius 2 is 1.90 bits per heavy atom. The van der Waals surface area contributed by atoms with Crippen LogP contribution < -0.4 is 5.32 Å². The van der Waals surface area contributed by atoms with Gasteiger partial charge >= 0.3 is 6.09 Å². The molecule has 1 aliphatic heterocycles. The Kier molecular flexibility index (Phi) is 5.93. The van der Waals surface area contributed by atoms with Crippen molar-refractivity contribution in [3.05, 3.63) is 59.4 Å².